The van der Waals surface area contributed by atoms with Crippen LogP contribution in [0.2, 0.25) is 0 Å². The van der Waals surface area contributed by atoms with E-state index in [0.717, 1.165) is 93.1 Å². The van der Waals surface area contributed by atoms with Gasteiger partial charge in [-0.3, -0.25) is 14.4 Å². The van der Waals surface area contributed by atoms with E-state index in [2.05, 4.69) is 72.4 Å². The highest BCUT2D eigenvalue weighted by Gasteiger charge is 2.25. The number of nitrogens with zero attached hydrogens (tertiary/aromatic N) is 3. The lowest BCUT2D eigenvalue weighted by molar-refractivity contribution is -0.117. The maximum Gasteiger partial charge on any atom is 0.225 e. The van der Waals surface area contributed by atoms with Gasteiger partial charge in [0, 0.05) is 36.9 Å². The fourth-order valence-corrected chi connectivity index (χ4v) is 10.3. The molecule has 1 heterocycles. The summed E-state index contributed by atoms with van der Waals surface area (Å²) in [6.45, 7) is 15.3. The molecule has 21 heteroatoms. The Kier molecular flexibility index (Phi) is 33.6. The third-order valence-corrected chi connectivity index (χ3v) is 14.9. The van der Waals surface area contributed by atoms with Crippen LogP contribution in [0.25, 0.3) is 0 Å². The Labute approximate surface area is 400 Å². The number of aliphatic hydroxyl groups excluding tert-OH is 3. The first-order valence-electron chi connectivity index (χ1n) is 20.6. The van der Waals surface area contributed by atoms with E-state index in [4.69, 9.17) is 36.7 Å². The third-order valence-electron chi connectivity index (χ3n) is 8.27. The first kappa shape index (κ1) is 57.7. The number of unbranched alkanes of at least 4 members (excludes halogenated alkanes) is 6. The van der Waals surface area contributed by atoms with Crippen LogP contribution in [-0.2, 0) is 14.4 Å². The number of hydrogen-bond donors (Lipinski definition) is 6. The van der Waals surface area contributed by atoms with Gasteiger partial charge >= 0.3 is 0 Å². The van der Waals surface area contributed by atoms with E-state index in [0.29, 0.717) is 85.6 Å². The summed E-state index contributed by atoms with van der Waals surface area (Å²) in [7, 11) is 0. The highest BCUT2D eigenvalue weighted by atomic mass is 32.2. The van der Waals surface area contributed by atoms with Crippen LogP contribution in [0.15, 0.2) is 15.5 Å². The maximum absolute atomic E-state index is 13.1. The van der Waals surface area contributed by atoms with Gasteiger partial charge in [-0.15, -0.1) is 0 Å². The number of rotatable bonds is 30. The molecule has 0 amide bonds. The van der Waals surface area contributed by atoms with Gasteiger partial charge in [0.2, 0.25) is 15.3 Å². The Morgan fingerprint density at radius 3 is 0.950 bits per heavy atom. The number of hydrogen-bond acceptors (Lipinski definition) is 18. The van der Waals surface area contributed by atoms with E-state index in [9.17, 15) is 29.7 Å². The van der Waals surface area contributed by atoms with Crippen LogP contribution in [0.5, 0.6) is 0 Å². The van der Waals surface area contributed by atoms with Gasteiger partial charge in [0.1, 0.15) is 31.3 Å². The average Bonchev–Trinajstić information content (AvgIpc) is 3.18. The van der Waals surface area contributed by atoms with Crippen molar-refractivity contribution >= 4 is 136 Å². The summed E-state index contributed by atoms with van der Waals surface area (Å²) in [4.78, 5) is 51.9. The van der Waals surface area contributed by atoms with E-state index < -0.39 is 33.7 Å². The first-order chi connectivity index (χ1) is 28.5. The van der Waals surface area contributed by atoms with Gasteiger partial charge in [-0.2, -0.15) is 15.0 Å². The molecule has 1 aromatic rings. The molecule has 342 valence electrons. The largest absolute Gasteiger partial charge is 0.383 e. The smallest absolute Gasteiger partial charge is 0.225 e. The second-order valence-corrected chi connectivity index (χ2v) is 23.3. The van der Waals surface area contributed by atoms with Crippen LogP contribution in [0.3, 0.4) is 0 Å². The molecule has 0 saturated carbocycles. The molecule has 1 rings (SSSR count). The van der Waals surface area contributed by atoms with E-state index in [1.165, 1.54) is 19.3 Å². The molecule has 6 N–H and O–H groups in total. The van der Waals surface area contributed by atoms with E-state index in [1.54, 1.807) is 0 Å². The fourth-order valence-electron chi connectivity index (χ4n) is 4.89. The van der Waals surface area contributed by atoms with Crippen molar-refractivity contribution < 1.29 is 29.7 Å². The van der Waals surface area contributed by atoms with Crippen molar-refractivity contribution in [3.63, 3.8) is 0 Å². The quantitative estimate of drug-likeness (QED) is 0.0245. The molecule has 60 heavy (non-hydrogen) atoms. The zero-order chi connectivity index (χ0) is 44.9. The predicted molar refractivity (Wildman–Crippen MR) is 270 cm³/mol. The number of aromatic nitrogens is 3. The van der Waals surface area contributed by atoms with Gasteiger partial charge < -0.3 is 31.3 Å². The van der Waals surface area contributed by atoms with Crippen LogP contribution in [0.1, 0.15) is 119 Å². The summed E-state index contributed by atoms with van der Waals surface area (Å²) in [5.74, 6) is 2.00. The molecule has 0 aliphatic rings. The molecule has 0 radical (unpaired) electrons. The lowest BCUT2D eigenvalue weighted by Crippen LogP contribution is -2.26. The zero-order valence-electron chi connectivity index (χ0n) is 35.8. The summed E-state index contributed by atoms with van der Waals surface area (Å²) in [5, 5.41) is 38.9. The minimum atomic E-state index is -1.43. The standard InChI is InChI=1S/C39H66N6O6S9/c1-25(2)16-10-7-13-19-40-37(52)55-22-28(46)31(49)58-34-43-35(59-32(50)29(47)23-56-38(53)41-20-14-8-11-17-26(3)4)45-36(44-34)60-33(51)30(48)24-57-39(54)42-21-15-9-12-18-27(5)6/h25-30,46-48H,7-24H2,1-6H3,(H,40,52)(H,41,53)(H,42,54). The molecule has 3 unspecified atom stereocenters. The van der Waals surface area contributed by atoms with Crippen LogP contribution >= 0.6 is 107 Å². The van der Waals surface area contributed by atoms with E-state index >= 15 is 0 Å². The van der Waals surface area contributed by atoms with E-state index in [1.807, 2.05) is 0 Å². The van der Waals surface area contributed by atoms with Crippen molar-refractivity contribution in [1.29, 1.82) is 0 Å². The molecule has 0 spiro atoms. The Morgan fingerprint density at radius 2 is 0.717 bits per heavy atom. The minimum absolute atomic E-state index is 0.00624. The maximum atomic E-state index is 13.1. The lowest BCUT2D eigenvalue weighted by Gasteiger charge is -2.13. The van der Waals surface area contributed by atoms with Crippen LogP contribution in [0.4, 0.5) is 0 Å². The van der Waals surface area contributed by atoms with Gasteiger partial charge in [-0.05, 0) is 72.3 Å². The average molecular weight is 1000 g/mol. The molecule has 12 nitrogen and oxygen atoms in total. The molecule has 0 aliphatic carbocycles. The number of carbonyl (C=O) groups is 3. The van der Waals surface area contributed by atoms with Crippen molar-refractivity contribution in [2.45, 2.75) is 152 Å². The molecule has 0 aromatic carbocycles. The molecule has 3 atom stereocenters. The number of nitrogens with one attached hydrogen (secondary N) is 3. The first-order valence-corrected chi connectivity index (χ1v) is 27.3. The third kappa shape index (κ3) is 30.7. The van der Waals surface area contributed by atoms with E-state index in [-0.39, 0.29) is 32.7 Å². The van der Waals surface area contributed by atoms with Gasteiger partial charge in [0.25, 0.3) is 0 Å². The topological polar surface area (TPSA) is 187 Å². The minimum Gasteiger partial charge on any atom is -0.383 e. The zero-order valence-corrected chi connectivity index (χ0v) is 43.1. The van der Waals surface area contributed by atoms with Crippen molar-refractivity contribution in [3.8, 4) is 0 Å². The molecule has 0 saturated heterocycles. The Balaban J connectivity index is 2.87. The van der Waals surface area contributed by atoms with Gasteiger partial charge in [-0.1, -0.05) is 171 Å². The molecular formula is C39H66N6O6S9. The fraction of sp³-hybridized carbons (Fsp3) is 0.769. The molecule has 0 fully saturated rings. The monoisotopic (exact) mass is 1000 g/mol. The second kappa shape index (κ2) is 35.0. The SMILES string of the molecule is CC(C)CCCCCNC(=S)SCC(O)C(=O)Sc1nc(SC(=O)C(O)CSC(=S)NCCCCCC(C)C)nc(SC(=O)C(O)CSC(=S)NCCCCCC(C)C)n1. The normalized spacial score (nSPS) is 13.0. The summed E-state index contributed by atoms with van der Waals surface area (Å²) in [6.07, 6.45) is 8.88. The number of thioether (sulfide) groups is 6. The van der Waals surface area contributed by atoms with Crippen LogP contribution in [0, 0.1) is 17.8 Å². The molecular weight excluding hydrogens is 937 g/mol. The highest BCUT2D eigenvalue weighted by Crippen LogP contribution is 2.27. The predicted octanol–water partition coefficient (Wildman–Crippen LogP) is 8.28. The van der Waals surface area contributed by atoms with Crippen molar-refractivity contribution in [3.05, 3.63) is 0 Å². The number of thiocarbonyl (C=S) groups is 3. The van der Waals surface area contributed by atoms with Crippen LogP contribution < -0.4 is 16.0 Å². The summed E-state index contributed by atoms with van der Waals surface area (Å²) in [5.41, 5.74) is 0. The van der Waals surface area contributed by atoms with Crippen LogP contribution in [-0.4, -0.2) is 114 Å². The Hall–Kier alpha value is -0.330. The summed E-state index contributed by atoms with van der Waals surface area (Å²) < 4.78 is 1.42. The highest BCUT2D eigenvalue weighted by molar-refractivity contribution is 8.24. The molecule has 0 aliphatic heterocycles. The number of aliphatic hydroxyl groups is 3. The number of carbonyl (C=O) groups excluding carboxylic acids is 3. The summed E-state index contributed by atoms with van der Waals surface area (Å²) in [6, 6.07) is 0. The molecule has 0 bridgehead atoms. The van der Waals surface area contributed by atoms with Gasteiger partial charge in [0.05, 0.1) is 0 Å². The van der Waals surface area contributed by atoms with Crippen molar-refractivity contribution in [1.82, 2.24) is 30.9 Å². The van der Waals surface area contributed by atoms with Gasteiger partial charge in [0.15, 0.2) is 15.5 Å². The van der Waals surface area contributed by atoms with Crippen molar-refractivity contribution in [2.24, 2.45) is 17.8 Å². The molecule has 1 aromatic heterocycles. The van der Waals surface area contributed by atoms with Gasteiger partial charge in [-0.25, -0.2) is 0 Å². The lowest BCUT2D eigenvalue weighted by atomic mass is 10.1. The Bertz CT molecular complexity index is 1280. The van der Waals surface area contributed by atoms with Crippen molar-refractivity contribution in [2.75, 3.05) is 36.9 Å². The second-order valence-electron chi connectivity index (χ2n) is 15.3. The Morgan fingerprint density at radius 1 is 0.467 bits per heavy atom. The summed E-state index contributed by atoms with van der Waals surface area (Å²) >= 11 is 21.1.